The van der Waals surface area contributed by atoms with E-state index in [1.807, 2.05) is 88.4 Å². The fraction of sp³-hybridized carbons (Fsp3) is 0.375. The second kappa shape index (κ2) is 21.9. The minimum atomic E-state index is -0.597. The summed E-state index contributed by atoms with van der Waals surface area (Å²) in [6.07, 6.45) is 8.42. The first kappa shape index (κ1) is 37.3. The monoisotopic (exact) mass is 804 g/mol. The summed E-state index contributed by atoms with van der Waals surface area (Å²) in [5, 5.41) is 0. The van der Waals surface area contributed by atoms with Crippen molar-refractivity contribution in [2.24, 2.45) is 0 Å². The molecule has 0 aliphatic carbocycles. The van der Waals surface area contributed by atoms with Gasteiger partial charge in [-0.15, -0.1) is 0 Å². The van der Waals surface area contributed by atoms with Gasteiger partial charge in [0.05, 0.1) is 12.8 Å². The summed E-state index contributed by atoms with van der Waals surface area (Å²) in [5.74, 6) is -2.36. The highest BCUT2D eigenvalue weighted by atomic mass is 127. The highest BCUT2D eigenvalue weighted by molar-refractivity contribution is 14.1. The molecule has 0 aromatic heterocycles. The van der Waals surface area contributed by atoms with Crippen molar-refractivity contribution in [2.45, 2.75) is 79.1 Å². The Bertz CT molecular complexity index is 1140. The fourth-order valence-corrected chi connectivity index (χ4v) is 4.47. The Balaban J connectivity index is 0.000000423. The second-order valence-corrected chi connectivity index (χ2v) is 11.3. The Morgan fingerprint density at radius 2 is 0.952 bits per heavy atom. The number of rotatable bonds is 12. The van der Waals surface area contributed by atoms with Crippen LogP contribution < -0.4 is 0 Å². The number of benzene rings is 2. The summed E-state index contributed by atoms with van der Waals surface area (Å²) in [6, 6.07) is 14.9. The number of hydrogen-bond acceptors (Lipinski definition) is 8. The van der Waals surface area contributed by atoms with Gasteiger partial charge < -0.3 is 0 Å². The molecule has 2 rings (SSSR count). The van der Waals surface area contributed by atoms with Crippen LogP contribution >= 0.6 is 45.2 Å². The van der Waals surface area contributed by atoms with Crippen LogP contribution in [0.15, 0.2) is 71.8 Å². The summed E-state index contributed by atoms with van der Waals surface area (Å²) in [4.78, 5) is 65.2. The van der Waals surface area contributed by atoms with E-state index in [1.54, 1.807) is 0 Å². The normalized spacial score (nSPS) is 11.1. The van der Waals surface area contributed by atoms with Crippen molar-refractivity contribution in [2.75, 3.05) is 0 Å². The number of unbranched alkanes of at least 4 members (excludes halogenated alkanes) is 2. The van der Waals surface area contributed by atoms with Gasteiger partial charge in [0.2, 0.25) is 0 Å². The third kappa shape index (κ3) is 14.9. The predicted octanol–water partition coefficient (Wildman–Crippen LogP) is 7.94. The van der Waals surface area contributed by atoms with Crippen LogP contribution in [-0.2, 0) is 51.6 Å². The number of carbonyl (C=O) groups excluding carboxylic acids is 4. The van der Waals surface area contributed by atoms with Crippen molar-refractivity contribution in [3.63, 3.8) is 0 Å². The third-order valence-electron chi connectivity index (χ3n) is 5.65. The molecule has 42 heavy (non-hydrogen) atoms. The Morgan fingerprint density at radius 3 is 1.26 bits per heavy atom. The van der Waals surface area contributed by atoms with Gasteiger partial charge in [0.15, 0.2) is 0 Å². The molecule has 10 heteroatoms. The molecule has 0 saturated heterocycles. The first-order valence-corrected chi connectivity index (χ1v) is 16.0. The van der Waals surface area contributed by atoms with Gasteiger partial charge in [-0.3, -0.25) is 0 Å². The van der Waals surface area contributed by atoms with Crippen molar-refractivity contribution < 1.29 is 38.7 Å². The topological polar surface area (TPSA) is 105 Å². The van der Waals surface area contributed by atoms with E-state index in [4.69, 9.17) is 0 Å². The molecule has 0 bridgehead atoms. The molecule has 0 unspecified atom stereocenters. The van der Waals surface area contributed by atoms with E-state index in [1.165, 1.54) is 0 Å². The largest absolute Gasteiger partial charge is 0.382 e. The maximum absolute atomic E-state index is 11.7. The lowest BCUT2D eigenvalue weighted by molar-refractivity contribution is -0.258. The average molecular weight is 804 g/mol. The average Bonchev–Trinajstić information content (AvgIpc) is 2.98. The van der Waals surface area contributed by atoms with Crippen molar-refractivity contribution in [3.8, 4) is 0 Å². The van der Waals surface area contributed by atoms with Crippen LogP contribution in [0.1, 0.15) is 77.3 Å². The molecule has 0 atom stereocenters. The van der Waals surface area contributed by atoms with Crippen LogP contribution in [0, 0.1) is 7.14 Å². The summed E-state index contributed by atoms with van der Waals surface area (Å²) in [5.41, 5.74) is 2.74. The Morgan fingerprint density at radius 1 is 0.595 bits per heavy atom. The minimum absolute atomic E-state index is 0.0647. The number of carbonyl (C=O) groups is 4. The minimum Gasteiger partial charge on any atom is -0.247 e. The fourth-order valence-electron chi connectivity index (χ4n) is 3.31. The van der Waals surface area contributed by atoms with Crippen molar-refractivity contribution in [1.29, 1.82) is 0 Å². The SMILES string of the molecule is CCCC=C(CC)C(=O)OOC(=O)C(=CCCC)CC.O=C(Cc1ccccc1I)OOC(=O)Cc1ccccc1I. The summed E-state index contributed by atoms with van der Waals surface area (Å²) < 4.78 is 1.92. The molecule has 0 saturated carbocycles. The van der Waals surface area contributed by atoms with Crippen LogP contribution in [0.25, 0.3) is 0 Å². The molecule has 0 spiro atoms. The van der Waals surface area contributed by atoms with Crippen molar-refractivity contribution in [1.82, 2.24) is 0 Å². The lowest BCUT2D eigenvalue weighted by atomic mass is 10.1. The Hall–Kier alpha value is -2.74. The van der Waals surface area contributed by atoms with Crippen LogP contribution in [0.4, 0.5) is 0 Å². The predicted molar refractivity (Wildman–Crippen MR) is 177 cm³/mol. The highest BCUT2D eigenvalue weighted by Crippen LogP contribution is 2.14. The molecule has 0 N–H and O–H groups in total. The molecule has 2 aromatic carbocycles. The highest BCUT2D eigenvalue weighted by Gasteiger charge is 2.16. The zero-order valence-corrected chi connectivity index (χ0v) is 28.8. The van der Waals surface area contributed by atoms with Crippen LogP contribution in [0.3, 0.4) is 0 Å². The van der Waals surface area contributed by atoms with Gasteiger partial charge >= 0.3 is 23.9 Å². The number of allylic oxidation sites excluding steroid dienone is 2. The van der Waals surface area contributed by atoms with Crippen LogP contribution in [0.2, 0.25) is 0 Å². The third-order valence-corrected chi connectivity index (χ3v) is 7.76. The van der Waals surface area contributed by atoms with E-state index in [0.717, 1.165) is 44.0 Å². The summed E-state index contributed by atoms with van der Waals surface area (Å²) >= 11 is 4.28. The van der Waals surface area contributed by atoms with E-state index in [-0.39, 0.29) is 12.8 Å². The summed E-state index contributed by atoms with van der Waals surface area (Å²) in [7, 11) is 0. The molecular weight excluding hydrogens is 766 g/mol. The van der Waals surface area contributed by atoms with Crippen LogP contribution in [0.5, 0.6) is 0 Å². The molecule has 0 radical (unpaired) electrons. The molecule has 0 aliphatic rings. The Kier molecular flexibility index (Phi) is 19.4. The maximum atomic E-state index is 11.7. The zero-order valence-electron chi connectivity index (χ0n) is 24.5. The quantitative estimate of drug-likeness (QED) is 0.0923. The van der Waals surface area contributed by atoms with Gasteiger partial charge in [-0.2, -0.15) is 0 Å². The van der Waals surface area contributed by atoms with Gasteiger partial charge in [0, 0.05) is 18.3 Å². The Labute approximate surface area is 275 Å². The molecule has 2 aromatic rings. The molecule has 228 valence electrons. The standard InChI is InChI=1S/C16H12I2O4.C16H26O4/c17-13-7-3-1-5-11(13)9-15(19)21-22-16(20)10-12-6-2-4-8-14(12)18;1-5-9-11-13(7-3)15(17)19-20-16(18)14(8-4)12-10-6-2/h1-8H,9-10H2;11-12H,5-10H2,1-4H3. The first-order valence-electron chi connectivity index (χ1n) is 13.8. The van der Waals surface area contributed by atoms with E-state index in [0.29, 0.717) is 24.0 Å². The van der Waals surface area contributed by atoms with E-state index < -0.39 is 23.9 Å². The van der Waals surface area contributed by atoms with Crippen molar-refractivity contribution in [3.05, 3.63) is 90.1 Å². The molecule has 0 heterocycles. The van der Waals surface area contributed by atoms with E-state index in [9.17, 15) is 19.2 Å². The molecular formula is C32H38I2O8. The molecule has 8 nitrogen and oxygen atoms in total. The van der Waals surface area contributed by atoms with Gasteiger partial charge in [0.1, 0.15) is 0 Å². The summed E-state index contributed by atoms with van der Waals surface area (Å²) in [6.45, 7) is 7.79. The molecule has 0 aliphatic heterocycles. The van der Waals surface area contributed by atoms with Gasteiger partial charge in [0.25, 0.3) is 0 Å². The maximum Gasteiger partial charge on any atom is 0.382 e. The number of hydrogen-bond donors (Lipinski definition) is 0. The van der Waals surface area contributed by atoms with E-state index >= 15 is 0 Å². The van der Waals surface area contributed by atoms with Gasteiger partial charge in [-0.1, -0.05) is 89.1 Å². The van der Waals surface area contributed by atoms with Gasteiger partial charge in [-0.25, -0.2) is 38.7 Å². The lowest BCUT2D eigenvalue weighted by Crippen LogP contribution is -2.15. The van der Waals surface area contributed by atoms with Gasteiger partial charge in [-0.05, 0) is 94.1 Å². The second-order valence-electron chi connectivity index (χ2n) is 8.93. The number of halogens is 2. The molecule has 0 fully saturated rings. The zero-order chi connectivity index (χ0) is 31.3. The first-order chi connectivity index (χ1) is 20.2. The lowest BCUT2D eigenvalue weighted by Gasteiger charge is -2.06. The smallest absolute Gasteiger partial charge is 0.247 e. The van der Waals surface area contributed by atoms with Crippen molar-refractivity contribution >= 4 is 69.1 Å². The van der Waals surface area contributed by atoms with Crippen LogP contribution in [-0.4, -0.2) is 23.9 Å². The molecule has 0 amide bonds. The van der Waals surface area contributed by atoms with E-state index in [2.05, 4.69) is 64.7 Å².